The number of rotatable bonds is 6. The molecule has 7 nitrogen and oxygen atoms in total. The van der Waals surface area contributed by atoms with Gasteiger partial charge in [-0.15, -0.1) is 0 Å². The van der Waals surface area contributed by atoms with Crippen molar-refractivity contribution in [3.8, 4) is 17.3 Å². The first-order valence-corrected chi connectivity index (χ1v) is 12.7. The number of hydrogen-bond donors (Lipinski definition) is 2. The minimum atomic E-state index is -0.239. The second-order valence-corrected chi connectivity index (χ2v) is 9.72. The number of nitrogen functional groups attached to an aromatic ring is 1. The van der Waals surface area contributed by atoms with E-state index in [0.29, 0.717) is 28.2 Å². The van der Waals surface area contributed by atoms with Gasteiger partial charge in [0.2, 0.25) is 0 Å². The molecule has 5 rings (SSSR count). The number of piperidine rings is 1. The minimum Gasteiger partial charge on any atom is -0.397 e. The largest absolute Gasteiger partial charge is 0.397 e. The van der Waals surface area contributed by atoms with Gasteiger partial charge >= 0.3 is 0 Å². The summed E-state index contributed by atoms with van der Waals surface area (Å²) in [6.07, 6.45) is 6.99. The van der Waals surface area contributed by atoms with Crippen LogP contribution in [-0.4, -0.2) is 52.9 Å². The van der Waals surface area contributed by atoms with E-state index in [0.717, 1.165) is 36.8 Å². The molecule has 2 saturated heterocycles. The van der Waals surface area contributed by atoms with Crippen molar-refractivity contribution in [2.75, 3.05) is 37.2 Å². The molecule has 2 aromatic carbocycles. The Morgan fingerprint density at radius 3 is 2.47 bits per heavy atom. The lowest BCUT2D eigenvalue weighted by atomic mass is 10.0. The smallest absolute Gasteiger partial charge is 0.255 e. The number of amides is 1. The Kier molecular flexibility index (Phi) is 7.26. The predicted octanol–water partition coefficient (Wildman–Crippen LogP) is 4.51. The number of aromatic nitrogens is 1. The molecule has 2 aliphatic rings. The number of benzene rings is 2. The molecule has 3 aromatic rings. The number of likely N-dealkylation sites (tertiary alicyclic amines) is 2. The Morgan fingerprint density at radius 1 is 1.06 bits per heavy atom. The molecule has 7 heteroatoms. The van der Waals surface area contributed by atoms with Crippen molar-refractivity contribution in [1.82, 2.24) is 14.8 Å². The van der Waals surface area contributed by atoms with Crippen LogP contribution in [0.4, 0.5) is 11.4 Å². The number of anilines is 2. The van der Waals surface area contributed by atoms with E-state index in [2.05, 4.69) is 26.2 Å². The third-order valence-corrected chi connectivity index (χ3v) is 7.31. The molecular formula is C29H32N6O. The van der Waals surface area contributed by atoms with E-state index in [1.807, 2.05) is 36.5 Å². The molecule has 2 aliphatic heterocycles. The molecule has 2 fully saturated rings. The summed E-state index contributed by atoms with van der Waals surface area (Å²) in [5, 5.41) is 12.6. The van der Waals surface area contributed by atoms with Crippen LogP contribution in [0.2, 0.25) is 0 Å². The molecule has 0 bridgehead atoms. The average molecular weight is 481 g/mol. The van der Waals surface area contributed by atoms with Gasteiger partial charge in [0.25, 0.3) is 5.91 Å². The number of nitrogens with two attached hydrogens (primary N) is 1. The summed E-state index contributed by atoms with van der Waals surface area (Å²) in [6.45, 7) is 5.51. The van der Waals surface area contributed by atoms with Gasteiger partial charge in [-0.3, -0.25) is 14.7 Å². The fraction of sp³-hybridized carbons (Fsp3) is 0.345. The van der Waals surface area contributed by atoms with Crippen molar-refractivity contribution in [2.45, 2.75) is 38.3 Å². The zero-order valence-corrected chi connectivity index (χ0v) is 20.5. The highest BCUT2D eigenvalue weighted by molar-refractivity contribution is 6.05. The summed E-state index contributed by atoms with van der Waals surface area (Å²) in [7, 11) is 0. The Labute approximate surface area is 212 Å². The van der Waals surface area contributed by atoms with Crippen LogP contribution < -0.4 is 11.1 Å². The molecule has 0 aliphatic carbocycles. The number of carbonyl (C=O) groups is 1. The predicted molar refractivity (Wildman–Crippen MR) is 142 cm³/mol. The summed E-state index contributed by atoms with van der Waals surface area (Å²) >= 11 is 0. The van der Waals surface area contributed by atoms with Crippen molar-refractivity contribution in [3.63, 3.8) is 0 Å². The van der Waals surface area contributed by atoms with E-state index in [9.17, 15) is 10.1 Å². The standard InChI is InChI=1S/C29H32N6O/c30-18-24-17-21(20-34-15-11-25(12-16-34)35-13-3-4-14-35)19-32-28(24)22-7-9-23(10-8-22)29(36)33-27-6-2-1-5-26(27)31/h1-2,5-10,17,19,25H,3-4,11-16,20,31H2,(H,33,36). The van der Waals surface area contributed by atoms with Crippen molar-refractivity contribution in [3.05, 3.63) is 77.5 Å². The molecule has 3 N–H and O–H groups in total. The van der Waals surface area contributed by atoms with Crippen LogP contribution in [0.1, 0.15) is 47.2 Å². The Bertz CT molecular complexity index is 1250. The van der Waals surface area contributed by atoms with Gasteiger partial charge in [0.1, 0.15) is 6.07 Å². The van der Waals surface area contributed by atoms with Gasteiger partial charge in [-0.1, -0.05) is 24.3 Å². The molecule has 0 radical (unpaired) electrons. The lowest BCUT2D eigenvalue weighted by molar-refractivity contribution is 0.102. The van der Waals surface area contributed by atoms with Crippen LogP contribution >= 0.6 is 0 Å². The molecule has 0 spiro atoms. The first-order chi connectivity index (χ1) is 17.6. The topological polar surface area (TPSA) is 98.3 Å². The lowest BCUT2D eigenvalue weighted by Gasteiger charge is -2.36. The third kappa shape index (κ3) is 5.40. The maximum Gasteiger partial charge on any atom is 0.255 e. The minimum absolute atomic E-state index is 0.239. The van der Waals surface area contributed by atoms with E-state index in [1.54, 1.807) is 24.3 Å². The van der Waals surface area contributed by atoms with Gasteiger partial charge in [0.05, 0.1) is 22.6 Å². The van der Waals surface area contributed by atoms with Gasteiger partial charge in [0.15, 0.2) is 0 Å². The number of nitrogens with one attached hydrogen (secondary N) is 1. The number of nitriles is 1. The molecule has 0 atom stereocenters. The maximum atomic E-state index is 12.6. The van der Waals surface area contributed by atoms with E-state index < -0.39 is 0 Å². The summed E-state index contributed by atoms with van der Waals surface area (Å²) < 4.78 is 0. The van der Waals surface area contributed by atoms with E-state index in [-0.39, 0.29) is 5.91 Å². The highest BCUT2D eigenvalue weighted by atomic mass is 16.1. The molecule has 184 valence electrons. The summed E-state index contributed by atoms with van der Waals surface area (Å²) in [5.41, 5.74) is 10.6. The maximum absolute atomic E-state index is 12.6. The molecule has 0 saturated carbocycles. The lowest BCUT2D eigenvalue weighted by Crippen LogP contribution is -2.43. The van der Waals surface area contributed by atoms with Crippen LogP contribution in [-0.2, 0) is 6.54 Å². The third-order valence-electron chi connectivity index (χ3n) is 7.31. The van der Waals surface area contributed by atoms with Crippen LogP contribution in [0, 0.1) is 11.3 Å². The van der Waals surface area contributed by atoms with Gasteiger partial charge in [-0.05, 0) is 87.8 Å². The van der Waals surface area contributed by atoms with Crippen LogP contribution in [0.25, 0.3) is 11.3 Å². The van der Waals surface area contributed by atoms with E-state index in [4.69, 9.17) is 5.73 Å². The summed E-state index contributed by atoms with van der Waals surface area (Å²) in [4.78, 5) is 22.4. The molecule has 0 unspecified atom stereocenters. The summed E-state index contributed by atoms with van der Waals surface area (Å²) in [5.74, 6) is -0.239. The highest BCUT2D eigenvalue weighted by Crippen LogP contribution is 2.26. The fourth-order valence-corrected chi connectivity index (χ4v) is 5.30. The Morgan fingerprint density at radius 2 is 1.78 bits per heavy atom. The number of nitrogens with zero attached hydrogens (tertiary/aromatic N) is 4. The zero-order valence-electron chi connectivity index (χ0n) is 20.5. The molecule has 1 aromatic heterocycles. The van der Waals surface area contributed by atoms with Crippen molar-refractivity contribution in [1.29, 1.82) is 5.26 Å². The molecule has 36 heavy (non-hydrogen) atoms. The van der Waals surface area contributed by atoms with Crippen LogP contribution in [0.15, 0.2) is 60.8 Å². The number of carbonyl (C=O) groups excluding carboxylic acids is 1. The zero-order chi connectivity index (χ0) is 24.9. The second kappa shape index (κ2) is 10.9. The number of pyridine rings is 1. The first-order valence-electron chi connectivity index (χ1n) is 12.7. The SMILES string of the molecule is N#Cc1cc(CN2CCC(N3CCCC3)CC2)cnc1-c1ccc(C(=O)Nc2ccccc2N)cc1. The van der Waals surface area contributed by atoms with E-state index in [1.165, 1.54) is 38.8 Å². The van der Waals surface area contributed by atoms with Crippen molar-refractivity contribution >= 4 is 17.3 Å². The summed E-state index contributed by atoms with van der Waals surface area (Å²) in [6, 6.07) is 19.3. The number of hydrogen-bond acceptors (Lipinski definition) is 6. The quantitative estimate of drug-likeness (QED) is 0.504. The van der Waals surface area contributed by atoms with Gasteiger partial charge in [-0.25, -0.2) is 0 Å². The number of para-hydroxylation sites is 2. The van der Waals surface area contributed by atoms with Gasteiger partial charge in [-0.2, -0.15) is 5.26 Å². The average Bonchev–Trinajstić information content (AvgIpc) is 3.46. The monoisotopic (exact) mass is 480 g/mol. The Balaban J connectivity index is 1.23. The van der Waals surface area contributed by atoms with Crippen LogP contribution in [0.5, 0.6) is 0 Å². The van der Waals surface area contributed by atoms with Gasteiger partial charge < -0.3 is 16.0 Å². The molecular weight excluding hydrogens is 448 g/mol. The normalized spacial score (nSPS) is 17.1. The Hall–Kier alpha value is -3.73. The fourth-order valence-electron chi connectivity index (χ4n) is 5.30. The highest BCUT2D eigenvalue weighted by Gasteiger charge is 2.26. The molecule has 1 amide bonds. The van der Waals surface area contributed by atoms with Crippen molar-refractivity contribution < 1.29 is 4.79 Å². The van der Waals surface area contributed by atoms with Gasteiger partial charge in [0, 0.05) is 29.9 Å². The molecule has 3 heterocycles. The van der Waals surface area contributed by atoms with E-state index >= 15 is 0 Å². The first kappa shape index (κ1) is 24.0. The second-order valence-electron chi connectivity index (χ2n) is 9.72. The van der Waals surface area contributed by atoms with Crippen LogP contribution in [0.3, 0.4) is 0 Å². The van der Waals surface area contributed by atoms with Crippen molar-refractivity contribution in [2.24, 2.45) is 0 Å².